The normalized spacial score (nSPS) is 10.9. The van der Waals surface area contributed by atoms with Gasteiger partial charge in [0.1, 0.15) is 5.15 Å². The van der Waals surface area contributed by atoms with E-state index in [0.717, 1.165) is 5.39 Å². The molecule has 0 saturated carbocycles. The molecular formula is C9H3Cl4N. The molecule has 14 heavy (non-hydrogen) atoms. The molecule has 0 saturated heterocycles. The predicted octanol–water partition coefficient (Wildman–Crippen LogP) is 4.85. The van der Waals surface area contributed by atoms with E-state index in [-0.39, 0.29) is 5.15 Å². The van der Waals surface area contributed by atoms with E-state index in [2.05, 4.69) is 4.98 Å². The van der Waals surface area contributed by atoms with Gasteiger partial charge in [-0.05, 0) is 18.2 Å². The van der Waals surface area contributed by atoms with Crippen LogP contribution in [0.4, 0.5) is 0 Å². The zero-order valence-electron chi connectivity index (χ0n) is 6.69. The smallest absolute Gasteiger partial charge is 0.148 e. The van der Waals surface area contributed by atoms with E-state index < -0.39 is 0 Å². The van der Waals surface area contributed by atoms with Gasteiger partial charge in [0, 0.05) is 5.39 Å². The minimum absolute atomic E-state index is 0.262. The third-order valence-corrected chi connectivity index (χ3v) is 3.16. The maximum absolute atomic E-state index is 5.84. The summed E-state index contributed by atoms with van der Waals surface area (Å²) < 4.78 is 0. The van der Waals surface area contributed by atoms with E-state index in [4.69, 9.17) is 46.4 Å². The van der Waals surface area contributed by atoms with Crippen molar-refractivity contribution < 1.29 is 0 Å². The molecule has 0 aliphatic carbocycles. The second-order valence-corrected chi connectivity index (χ2v) is 4.30. The highest BCUT2D eigenvalue weighted by atomic mass is 35.5. The topological polar surface area (TPSA) is 12.9 Å². The Morgan fingerprint density at radius 3 is 2.07 bits per heavy atom. The number of fused-ring (bicyclic) bond motifs is 1. The fourth-order valence-electron chi connectivity index (χ4n) is 1.12. The second kappa shape index (κ2) is 3.74. The Hall–Kier alpha value is -0.210. The fourth-order valence-corrected chi connectivity index (χ4v) is 1.75. The first-order valence-corrected chi connectivity index (χ1v) is 5.20. The third-order valence-electron chi connectivity index (χ3n) is 1.77. The van der Waals surface area contributed by atoms with Crippen molar-refractivity contribution in [3.05, 3.63) is 38.4 Å². The highest BCUT2D eigenvalue weighted by Crippen LogP contribution is 2.30. The Morgan fingerprint density at radius 1 is 0.786 bits per heavy atom. The van der Waals surface area contributed by atoms with E-state index in [0.29, 0.717) is 20.6 Å². The maximum Gasteiger partial charge on any atom is 0.148 e. The lowest BCUT2D eigenvalue weighted by molar-refractivity contribution is 1.41. The van der Waals surface area contributed by atoms with Crippen LogP contribution in [0, 0.1) is 0 Å². The van der Waals surface area contributed by atoms with Crippen LogP contribution in [0.1, 0.15) is 0 Å². The summed E-state index contributed by atoms with van der Waals surface area (Å²) in [5.41, 5.74) is 0.675. The molecular weight excluding hydrogens is 264 g/mol. The van der Waals surface area contributed by atoms with Gasteiger partial charge in [0.25, 0.3) is 0 Å². The molecule has 1 nitrogen and oxygen atoms in total. The van der Waals surface area contributed by atoms with Crippen molar-refractivity contribution in [2.75, 3.05) is 0 Å². The quantitative estimate of drug-likeness (QED) is 0.622. The second-order valence-electron chi connectivity index (χ2n) is 2.72. The zero-order valence-corrected chi connectivity index (χ0v) is 9.71. The van der Waals surface area contributed by atoms with Gasteiger partial charge in [-0.15, -0.1) is 0 Å². The number of nitrogens with zero attached hydrogens (tertiary/aromatic N) is 1. The van der Waals surface area contributed by atoms with Gasteiger partial charge in [0.15, 0.2) is 0 Å². The van der Waals surface area contributed by atoms with Crippen LogP contribution in [0.2, 0.25) is 20.2 Å². The highest BCUT2D eigenvalue weighted by molar-refractivity contribution is 6.43. The van der Waals surface area contributed by atoms with Crippen LogP contribution < -0.4 is 0 Å². The zero-order chi connectivity index (χ0) is 10.3. The van der Waals surface area contributed by atoms with E-state index in [9.17, 15) is 0 Å². The molecule has 1 aromatic heterocycles. The van der Waals surface area contributed by atoms with Gasteiger partial charge in [0.2, 0.25) is 0 Å². The first-order chi connectivity index (χ1) is 6.58. The van der Waals surface area contributed by atoms with E-state index in [1.54, 1.807) is 18.2 Å². The summed E-state index contributed by atoms with van der Waals surface area (Å²) in [6.45, 7) is 0. The van der Waals surface area contributed by atoms with Gasteiger partial charge in [-0.3, -0.25) is 0 Å². The standard InChI is InChI=1S/C9H3Cl4N/c10-5-1-4-2-7(12)9(13)14-8(4)3-6(5)11/h1-3H. The number of hydrogen-bond donors (Lipinski definition) is 0. The fraction of sp³-hybridized carbons (Fsp3) is 0. The Balaban J connectivity index is 2.83. The molecule has 72 valence electrons. The number of hydrogen-bond acceptors (Lipinski definition) is 1. The van der Waals surface area contributed by atoms with Crippen molar-refractivity contribution in [3.8, 4) is 0 Å². The number of halogens is 4. The molecule has 0 aliphatic rings. The molecule has 2 aromatic rings. The van der Waals surface area contributed by atoms with Crippen molar-refractivity contribution in [2.24, 2.45) is 0 Å². The summed E-state index contributed by atoms with van der Waals surface area (Å²) >= 11 is 23.2. The van der Waals surface area contributed by atoms with Crippen LogP contribution in [0.3, 0.4) is 0 Å². The highest BCUT2D eigenvalue weighted by Gasteiger charge is 2.05. The lowest BCUT2D eigenvalue weighted by Gasteiger charge is -2.02. The SMILES string of the molecule is Clc1cc2cc(Cl)c(Cl)nc2cc1Cl. The summed E-state index contributed by atoms with van der Waals surface area (Å²) in [7, 11) is 0. The molecule has 0 fully saturated rings. The number of rotatable bonds is 0. The lowest BCUT2D eigenvalue weighted by atomic mass is 10.2. The van der Waals surface area contributed by atoms with Crippen LogP contribution >= 0.6 is 46.4 Å². The Kier molecular flexibility index (Phi) is 2.76. The van der Waals surface area contributed by atoms with Crippen molar-refractivity contribution in [2.45, 2.75) is 0 Å². The largest absolute Gasteiger partial charge is 0.234 e. The van der Waals surface area contributed by atoms with Crippen LogP contribution in [0.25, 0.3) is 10.9 Å². The molecule has 0 spiro atoms. The molecule has 0 unspecified atom stereocenters. The average Bonchev–Trinajstić information content (AvgIpc) is 2.11. The molecule has 0 radical (unpaired) electrons. The minimum atomic E-state index is 0.262. The van der Waals surface area contributed by atoms with Gasteiger partial charge in [-0.1, -0.05) is 46.4 Å². The number of aromatic nitrogens is 1. The Labute approximate surface area is 101 Å². The predicted molar refractivity (Wildman–Crippen MR) is 61.8 cm³/mol. The molecule has 5 heteroatoms. The Morgan fingerprint density at radius 2 is 1.36 bits per heavy atom. The van der Waals surface area contributed by atoms with Crippen molar-refractivity contribution in [1.29, 1.82) is 0 Å². The van der Waals surface area contributed by atoms with E-state index in [1.165, 1.54) is 0 Å². The van der Waals surface area contributed by atoms with E-state index >= 15 is 0 Å². The summed E-state index contributed by atoms with van der Waals surface area (Å²) in [6.07, 6.45) is 0. The maximum atomic E-state index is 5.84. The monoisotopic (exact) mass is 265 g/mol. The first-order valence-electron chi connectivity index (χ1n) is 3.69. The van der Waals surface area contributed by atoms with Gasteiger partial charge in [-0.2, -0.15) is 0 Å². The summed E-state index contributed by atoms with van der Waals surface area (Å²) in [4.78, 5) is 4.07. The molecule has 2 rings (SSSR count). The van der Waals surface area contributed by atoms with Gasteiger partial charge in [-0.25, -0.2) is 4.98 Å². The van der Waals surface area contributed by atoms with E-state index in [1.807, 2.05) is 0 Å². The number of benzene rings is 1. The number of pyridine rings is 1. The molecule has 0 N–H and O–H groups in total. The van der Waals surface area contributed by atoms with Gasteiger partial charge >= 0.3 is 0 Å². The van der Waals surface area contributed by atoms with Crippen molar-refractivity contribution in [1.82, 2.24) is 4.98 Å². The molecule has 0 amide bonds. The summed E-state index contributed by atoms with van der Waals surface area (Å²) in [6, 6.07) is 5.06. The van der Waals surface area contributed by atoms with Crippen molar-refractivity contribution >= 4 is 57.3 Å². The molecule has 0 bridgehead atoms. The van der Waals surface area contributed by atoms with Crippen LogP contribution in [-0.4, -0.2) is 4.98 Å². The molecule has 1 aromatic carbocycles. The molecule has 0 atom stereocenters. The average molecular weight is 267 g/mol. The van der Waals surface area contributed by atoms with Gasteiger partial charge in [0.05, 0.1) is 20.6 Å². The molecule has 1 heterocycles. The Bertz CT molecular complexity index is 420. The van der Waals surface area contributed by atoms with Crippen LogP contribution in [0.15, 0.2) is 18.2 Å². The lowest BCUT2D eigenvalue weighted by Crippen LogP contribution is -1.82. The van der Waals surface area contributed by atoms with Crippen LogP contribution in [-0.2, 0) is 0 Å². The van der Waals surface area contributed by atoms with Crippen LogP contribution in [0.5, 0.6) is 0 Å². The summed E-state index contributed by atoms with van der Waals surface area (Å²) in [5, 5.41) is 2.40. The summed E-state index contributed by atoms with van der Waals surface area (Å²) in [5.74, 6) is 0. The minimum Gasteiger partial charge on any atom is -0.234 e. The first kappa shape index (κ1) is 10.3. The van der Waals surface area contributed by atoms with Crippen molar-refractivity contribution in [3.63, 3.8) is 0 Å². The third kappa shape index (κ3) is 1.78. The van der Waals surface area contributed by atoms with Gasteiger partial charge < -0.3 is 0 Å². The molecule has 0 aliphatic heterocycles.